The molecule has 0 aliphatic heterocycles. The molecule has 1 fully saturated rings. The number of esters is 1. The van der Waals surface area contributed by atoms with Crippen LogP contribution in [0.4, 0.5) is 0 Å². The van der Waals surface area contributed by atoms with Crippen molar-refractivity contribution in [2.75, 3.05) is 13.2 Å². The Kier molecular flexibility index (Phi) is 5.89. The van der Waals surface area contributed by atoms with Crippen molar-refractivity contribution in [1.82, 2.24) is 5.32 Å². The predicted molar refractivity (Wildman–Crippen MR) is 75.7 cm³/mol. The van der Waals surface area contributed by atoms with Gasteiger partial charge in [0.25, 0.3) is 0 Å². The molecular formula is C16H23NO2. The van der Waals surface area contributed by atoms with Crippen LogP contribution in [0.25, 0.3) is 0 Å². The lowest BCUT2D eigenvalue weighted by Crippen LogP contribution is -2.15. The van der Waals surface area contributed by atoms with Gasteiger partial charge in [0.05, 0.1) is 12.5 Å². The monoisotopic (exact) mass is 261 g/mol. The first kappa shape index (κ1) is 14.1. The summed E-state index contributed by atoms with van der Waals surface area (Å²) >= 11 is 0. The third kappa shape index (κ3) is 5.88. The van der Waals surface area contributed by atoms with Crippen LogP contribution >= 0.6 is 0 Å². The van der Waals surface area contributed by atoms with Crippen molar-refractivity contribution < 1.29 is 9.53 Å². The Morgan fingerprint density at radius 3 is 2.68 bits per heavy atom. The van der Waals surface area contributed by atoms with Gasteiger partial charge in [0.15, 0.2) is 0 Å². The summed E-state index contributed by atoms with van der Waals surface area (Å²) in [6.07, 6.45) is 5.28. The molecule has 0 amide bonds. The molecule has 0 unspecified atom stereocenters. The molecule has 0 bridgehead atoms. The number of ether oxygens (including phenoxy) is 1. The molecule has 0 spiro atoms. The van der Waals surface area contributed by atoms with Crippen molar-refractivity contribution in [3.05, 3.63) is 35.9 Å². The lowest BCUT2D eigenvalue weighted by molar-refractivity contribution is -0.145. The molecule has 1 N–H and O–H groups in total. The molecule has 1 aliphatic rings. The van der Waals surface area contributed by atoms with Crippen LogP contribution in [0.2, 0.25) is 0 Å². The highest BCUT2D eigenvalue weighted by Gasteiger charge is 2.30. The molecule has 1 saturated carbocycles. The number of rotatable bonds is 9. The van der Waals surface area contributed by atoms with Gasteiger partial charge in [0.2, 0.25) is 0 Å². The largest absolute Gasteiger partial charge is 0.465 e. The Hall–Kier alpha value is -1.35. The number of unbranched alkanes of at least 4 members (excludes halogenated alkanes) is 2. The second kappa shape index (κ2) is 7.95. The van der Waals surface area contributed by atoms with Gasteiger partial charge in [0, 0.05) is 6.54 Å². The van der Waals surface area contributed by atoms with Crippen LogP contribution in [0.15, 0.2) is 30.3 Å². The van der Waals surface area contributed by atoms with Gasteiger partial charge in [-0.25, -0.2) is 0 Å². The Morgan fingerprint density at radius 1 is 1.16 bits per heavy atom. The lowest BCUT2D eigenvalue weighted by Gasteiger charge is -2.05. The first-order chi connectivity index (χ1) is 9.36. The number of hydrogen-bond donors (Lipinski definition) is 1. The molecule has 0 atom stereocenters. The van der Waals surface area contributed by atoms with Gasteiger partial charge in [-0.3, -0.25) is 4.79 Å². The summed E-state index contributed by atoms with van der Waals surface area (Å²) in [6, 6.07) is 10.4. The normalized spacial score (nSPS) is 14.3. The van der Waals surface area contributed by atoms with E-state index >= 15 is 0 Å². The highest BCUT2D eigenvalue weighted by atomic mass is 16.5. The maximum Gasteiger partial charge on any atom is 0.308 e. The average Bonchev–Trinajstić information content (AvgIpc) is 3.27. The van der Waals surface area contributed by atoms with Crippen LogP contribution in [0, 0.1) is 5.92 Å². The summed E-state index contributed by atoms with van der Waals surface area (Å²) in [7, 11) is 0. The van der Waals surface area contributed by atoms with Crippen LogP contribution in [0.3, 0.4) is 0 Å². The summed E-state index contributed by atoms with van der Waals surface area (Å²) in [5.41, 5.74) is 1.32. The van der Waals surface area contributed by atoms with Gasteiger partial charge in [-0.05, 0) is 44.2 Å². The highest BCUT2D eigenvalue weighted by Crippen LogP contribution is 2.30. The van der Waals surface area contributed by atoms with E-state index in [4.69, 9.17) is 4.74 Å². The lowest BCUT2D eigenvalue weighted by atomic mass is 10.2. The zero-order valence-corrected chi connectivity index (χ0v) is 11.4. The standard InChI is InChI=1S/C16H23NO2/c18-16(15-9-10-15)19-12-6-2-5-11-17-13-14-7-3-1-4-8-14/h1,3-4,7-8,15,17H,2,5-6,9-13H2. The van der Waals surface area contributed by atoms with Gasteiger partial charge in [0.1, 0.15) is 0 Å². The summed E-state index contributed by atoms with van der Waals surface area (Å²) in [5.74, 6) is 0.245. The first-order valence-electron chi connectivity index (χ1n) is 7.27. The fourth-order valence-corrected chi connectivity index (χ4v) is 1.97. The van der Waals surface area contributed by atoms with Gasteiger partial charge >= 0.3 is 5.97 Å². The van der Waals surface area contributed by atoms with Gasteiger partial charge < -0.3 is 10.1 Å². The highest BCUT2D eigenvalue weighted by molar-refractivity contribution is 5.74. The first-order valence-corrected chi connectivity index (χ1v) is 7.27. The Morgan fingerprint density at radius 2 is 1.95 bits per heavy atom. The third-order valence-corrected chi connectivity index (χ3v) is 3.32. The van der Waals surface area contributed by atoms with Crippen LogP contribution in [-0.4, -0.2) is 19.1 Å². The molecule has 0 aromatic heterocycles. The number of carbonyl (C=O) groups excluding carboxylic acids is 1. The number of carbonyl (C=O) groups is 1. The second-order valence-corrected chi connectivity index (χ2v) is 5.16. The van der Waals surface area contributed by atoms with E-state index in [1.807, 2.05) is 6.07 Å². The zero-order valence-electron chi connectivity index (χ0n) is 11.4. The quantitative estimate of drug-likeness (QED) is 0.548. The molecule has 2 rings (SSSR count). The SMILES string of the molecule is O=C(OCCCCCNCc1ccccc1)C1CC1. The minimum Gasteiger partial charge on any atom is -0.465 e. The summed E-state index contributed by atoms with van der Waals surface area (Å²) in [5, 5.41) is 3.42. The number of hydrogen-bond acceptors (Lipinski definition) is 3. The van der Waals surface area contributed by atoms with E-state index in [-0.39, 0.29) is 11.9 Å². The topological polar surface area (TPSA) is 38.3 Å². The fourth-order valence-electron chi connectivity index (χ4n) is 1.97. The van der Waals surface area contributed by atoms with Crippen molar-refractivity contribution >= 4 is 5.97 Å². The summed E-state index contributed by atoms with van der Waals surface area (Å²) in [6.45, 7) is 2.54. The smallest absolute Gasteiger partial charge is 0.308 e. The molecule has 104 valence electrons. The molecule has 1 aliphatic carbocycles. The van der Waals surface area contributed by atoms with Crippen molar-refractivity contribution in [2.24, 2.45) is 5.92 Å². The molecule has 0 heterocycles. The van der Waals surface area contributed by atoms with Crippen molar-refractivity contribution in [3.8, 4) is 0 Å². The number of nitrogens with one attached hydrogen (secondary N) is 1. The van der Waals surface area contributed by atoms with E-state index in [1.54, 1.807) is 0 Å². The molecular weight excluding hydrogens is 238 g/mol. The van der Waals surface area contributed by atoms with Crippen molar-refractivity contribution in [3.63, 3.8) is 0 Å². The Balaban J connectivity index is 1.39. The van der Waals surface area contributed by atoms with Crippen LogP contribution in [0.5, 0.6) is 0 Å². The van der Waals surface area contributed by atoms with Gasteiger partial charge in [-0.2, -0.15) is 0 Å². The zero-order chi connectivity index (χ0) is 13.3. The minimum atomic E-state index is 0.0159. The Bertz CT molecular complexity index is 374. The molecule has 19 heavy (non-hydrogen) atoms. The minimum absolute atomic E-state index is 0.0159. The third-order valence-electron chi connectivity index (χ3n) is 3.32. The van der Waals surface area contributed by atoms with Crippen molar-refractivity contribution in [1.29, 1.82) is 0 Å². The Labute approximate surface area is 115 Å². The summed E-state index contributed by atoms with van der Waals surface area (Å²) in [4.78, 5) is 11.3. The maximum absolute atomic E-state index is 11.3. The van der Waals surface area contributed by atoms with Gasteiger partial charge in [-0.15, -0.1) is 0 Å². The van der Waals surface area contributed by atoms with E-state index in [0.717, 1.165) is 45.2 Å². The molecule has 1 aromatic carbocycles. The summed E-state index contributed by atoms with van der Waals surface area (Å²) < 4.78 is 5.18. The maximum atomic E-state index is 11.3. The van der Waals surface area contributed by atoms with Crippen LogP contribution < -0.4 is 5.32 Å². The number of benzene rings is 1. The van der Waals surface area contributed by atoms with E-state index in [2.05, 4.69) is 29.6 Å². The van der Waals surface area contributed by atoms with Crippen molar-refractivity contribution in [2.45, 2.75) is 38.6 Å². The second-order valence-electron chi connectivity index (χ2n) is 5.16. The molecule has 1 aromatic rings. The molecule has 3 heteroatoms. The molecule has 3 nitrogen and oxygen atoms in total. The van der Waals surface area contributed by atoms with E-state index in [1.165, 1.54) is 5.56 Å². The molecule has 0 radical (unpaired) electrons. The predicted octanol–water partition coefficient (Wildman–Crippen LogP) is 2.90. The van der Waals surface area contributed by atoms with E-state index in [9.17, 15) is 4.79 Å². The van der Waals surface area contributed by atoms with Crippen LogP contribution in [-0.2, 0) is 16.1 Å². The van der Waals surface area contributed by atoms with E-state index < -0.39 is 0 Å². The van der Waals surface area contributed by atoms with Crippen LogP contribution in [0.1, 0.15) is 37.7 Å². The molecule has 0 saturated heterocycles. The van der Waals surface area contributed by atoms with Gasteiger partial charge in [-0.1, -0.05) is 30.3 Å². The average molecular weight is 261 g/mol. The fraction of sp³-hybridized carbons (Fsp3) is 0.562. The van der Waals surface area contributed by atoms with E-state index in [0.29, 0.717) is 6.61 Å².